The molecule has 106 valence electrons. The average molecular weight is 292 g/mol. The second-order valence-corrected chi connectivity index (χ2v) is 8.61. The molecule has 3 nitrogen and oxygen atoms in total. The van der Waals surface area contributed by atoms with Gasteiger partial charge in [-0.15, -0.1) is 0 Å². The molecular formula is C13H27N2OS2+. The Hall–Kier alpha value is 0.130. The highest BCUT2D eigenvalue weighted by atomic mass is 33.1. The summed E-state index contributed by atoms with van der Waals surface area (Å²) in [6.07, 6.45) is 3.64. The average Bonchev–Trinajstić information content (AvgIpc) is 2.27. The minimum Gasteiger partial charge on any atom is -0.339 e. The van der Waals surface area contributed by atoms with Crippen molar-refractivity contribution in [1.29, 1.82) is 0 Å². The van der Waals surface area contributed by atoms with Gasteiger partial charge in [-0.25, -0.2) is 0 Å². The second kappa shape index (κ2) is 7.65. The maximum atomic E-state index is 11.5. The minimum atomic E-state index is 0.247. The van der Waals surface area contributed by atoms with Crippen molar-refractivity contribution >= 4 is 27.5 Å². The van der Waals surface area contributed by atoms with Crippen LogP contribution >= 0.6 is 21.6 Å². The van der Waals surface area contributed by atoms with Crippen LogP contribution in [-0.4, -0.2) is 67.1 Å². The summed E-state index contributed by atoms with van der Waals surface area (Å²) in [5.41, 5.74) is 0. The molecule has 0 spiro atoms. The first kappa shape index (κ1) is 16.2. The zero-order valence-electron chi connectivity index (χ0n) is 12.1. The van der Waals surface area contributed by atoms with Gasteiger partial charge in [-0.3, -0.25) is 4.79 Å². The van der Waals surface area contributed by atoms with Gasteiger partial charge in [-0.1, -0.05) is 21.6 Å². The number of rotatable bonds is 6. The van der Waals surface area contributed by atoms with E-state index in [-0.39, 0.29) is 5.91 Å². The Labute approximate surface area is 120 Å². The summed E-state index contributed by atoms with van der Waals surface area (Å²) in [5, 5.41) is 0. The van der Waals surface area contributed by atoms with Gasteiger partial charge in [0.05, 0.1) is 33.4 Å². The summed E-state index contributed by atoms with van der Waals surface area (Å²) in [5.74, 6) is 2.51. The normalized spacial score (nSPS) is 21.1. The van der Waals surface area contributed by atoms with Gasteiger partial charge >= 0.3 is 0 Å². The number of likely N-dealkylation sites (tertiary alicyclic amines) is 1. The molecular weight excluding hydrogens is 264 g/mol. The standard InChI is InChI=1S/C13H27N2OS2/c1-12(16)14-8-6-5-7-13(14)11-18-17-10-9-15(2,3)4/h13H,5-11H2,1-4H3/q+1. The van der Waals surface area contributed by atoms with Crippen molar-refractivity contribution < 1.29 is 9.28 Å². The molecule has 0 aliphatic carbocycles. The van der Waals surface area contributed by atoms with Crippen LogP contribution in [0.4, 0.5) is 0 Å². The quantitative estimate of drug-likeness (QED) is 0.426. The molecule has 1 unspecified atom stereocenters. The molecule has 5 heteroatoms. The Kier molecular flexibility index (Phi) is 6.88. The molecule has 1 aliphatic heterocycles. The third-order valence-corrected chi connectivity index (χ3v) is 5.67. The van der Waals surface area contributed by atoms with Crippen molar-refractivity contribution in [2.24, 2.45) is 0 Å². The maximum Gasteiger partial charge on any atom is 0.219 e. The van der Waals surface area contributed by atoms with Crippen LogP contribution < -0.4 is 0 Å². The Morgan fingerprint density at radius 1 is 1.28 bits per heavy atom. The van der Waals surface area contributed by atoms with E-state index >= 15 is 0 Å². The van der Waals surface area contributed by atoms with E-state index in [1.807, 2.05) is 21.6 Å². The zero-order valence-corrected chi connectivity index (χ0v) is 13.8. The molecule has 1 fully saturated rings. The molecule has 0 aromatic rings. The number of carbonyl (C=O) groups is 1. The van der Waals surface area contributed by atoms with Gasteiger partial charge in [0.15, 0.2) is 0 Å². The second-order valence-electron chi connectivity index (χ2n) is 5.98. The van der Waals surface area contributed by atoms with Crippen LogP contribution in [0, 0.1) is 0 Å². The molecule has 1 atom stereocenters. The van der Waals surface area contributed by atoms with E-state index in [2.05, 4.69) is 26.0 Å². The highest BCUT2D eigenvalue weighted by Crippen LogP contribution is 2.27. The van der Waals surface area contributed by atoms with E-state index in [0.29, 0.717) is 6.04 Å². The lowest BCUT2D eigenvalue weighted by Gasteiger charge is -2.34. The van der Waals surface area contributed by atoms with Crippen molar-refractivity contribution in [3.05, 3.63) is 0 Å². The number of carbonyl (C=O) groups excluding carboxylic acids is 1. The minimum absolute atomic E-state index is 0.247. The van der Waals surface area contributed by atoms with Crippen LogP contribution in [0.2, 0.25) is 0 Å². The van der Waals surface area contributed by atoms with Crippen LogP contribution in [-0.2, 0) is 4.79 Å². The lowest BCUT2D eigenvalue weighted by Crippen LogP contribution is -2.43. The van der Waals surface area contributed by atoms with Crippen molar-refractivity contribution in [3.8, 4) is 0 Å². The van der Waals surface area contributed by atoms with E-state index in [1.165, 1.54) is 31.6 Å². The van der Waals surface area contributed by atoms with Gasteiger partial charge in [-0.05, 0) is 19.3 Å². The summed E-state index contributed by atoms with van der Waals surface area (Å²) < 4.78 is 1.02. The van der Waals surface area contributed by atoms with Crippen LogP contribution in [0.15, 0.2) is 0 Å². The van der Waals surface area contributed by atoms with Gasteiger partial charge in [0.2, 0.25) is 5.91 Å². The summed E-state index contributed by atoms with van der Waals surface area (Å²) in [6.45, 7) is 3.86. The Bertz CT molecular complexity index is 266. The molecule has 1 rings (SSSR count). The van der Waals surface area contributed by atoms with E-state index in [9.17, 15) is 4.79 Å². The van der Waals surface area contributed by atoms with E-state index in [1.54, 1.807) is 6.92 Å². The third-order valence-electron chi connectivity index (χ3n) is 3.22. The Morgan fingerprint density at radius 2 is 2.00 bits per heavy atom. The largest absolute Gasteiger partial charge is 0.339 e. The summed E-state index contributed by atoms with van der Waals surface area (Å²) >= 11 is 0. The van der Waals surface area contributed by atoms with E-state index < -0.39 is 0 Å². The first-order chi connectivity index (χ1) is 8.40. The van der Waals surface area contributed by atoms with Gasteiger partial charge in [0, 0.05) is 25.3 Å². The molecule has 0 bridgehead atoms. The van der Waals surface area contributed by atoms with Crippen molar-refractivity contribution in [2.45, 2.75) is 32.2 Å². The number of quaternary nitrogens is 1. The lowest BCUT2D eigenvalue weighted by atomic mass is 10.0. The number of nitrogens with zero attached hydrogens (tertiary/aromatic N) is 2. The molecule has 0 N–H and O–H groups in total. The monoisotopic (exact) mass is 291 g/mol. The maximum absolute atomic E-state index is 11.5. The Balaban J connectivity index is 2.19. The van der Waals surface area contributed by atoms with Crippen molar-refractivity contribution in [1.82, 2.24) is 4.90 Å². The highest BCUT2D eigenvalue weighted by molar-refractivity contribution is 8.76. The fourth-order valence-corrected chi connectivity index (χ4v) is 4.76. The molecule has 1 heterocycles. The van der Waals surface area contributed by atoms with Crippen LogP contribution in [0.5, 0.6) is 0 Å². The Morgan fingerprint density at radius 3 is 2.61 bits per heavy atom. The smallest absolute Gasteiger partial charge is 0.219 e. The summed E-state index contributed by atoms with van der Waals surface area (Å²) in [7, 11) is 10.6. The first-order valence-electron chi connectivity index (χ1n) is 6.72. The van der Waals surface area contributed by atoms with Crippen molar-refractivity contribution in [2.75, 3.05) is 45.7 Å². The van der Waals surface area contributed by atoms with E-state index in [4.69, 9.17) is 0 Å². The van der Waals surface area contributed by atoms with Gasteiger partial charge < -0.3 is 9.38 Å². The lowest BCUT2D eigenvalue weighted by molar-refractivity contribution is -0.867. The molecule has 0 radical (unpaired) electrons. The highest BCUT2D eigenvalue weighted by Gasteiger charge is 2.24. The van der Waals surface area contributed by atoms with Crippen LogP contribution in [0.3, 0.4) is 0 Å². The molecule has 0 aromatic heterocycles. The SMILES string of the molecule is CC(=O)N1CCCCC1CSSCC[N+](C)(C)C. The third kappa shape index (κ3) is 6.34. The zero-order chi connectivity index (χ0) is 13.6. The van der Waals surface area contributed by atoms with Crippen LogP contribution in [0.1, 0.15) is 26.2 Å². The van der Waals surface area contributed by atoms with Crippen LogP contribution in [0.25, 0.3) is 0 Å². The fourth-order valence-electron chi connectivity index (χ4n) is 2.09. The van der Waals surface area contributed by atoms with Gasteiger partial charge in [-0.2, -0.15) is 0 Å². The number of hydrogen-bond acceptors (Lipinski definition) is 3. The van der Waals surface area contributed by atoms with Crippen molar-refractivity contribution in [3.63, 3.8) is 0 Å². The number of piperidine rings is 1. The van der Waals surface area contributed by atoms with E-state index in [0.717, 1.165) is 16.8 Å². The first-order valence-corrected chi connectivity index (χ1v) is 9.21. The molecule has 1 amide bonds. The topological polar surface area (TPSA) is 20.3 Å². The molecule has 1 saturated heterocycles. The van der Waals surface area contributed by atoms with Gasteiger partial charge in [0.25, 0.3) is 0 Å². The fraction of sp³-hybridized carbons (Fsp3) is 0.923. The molecule has 0 saturated carbocycles. The molecule has 0 aromatic carbocycles. The predicted octanol–water partition coefficient (Wildman–Crippen LogP) is 2.48. The molecule has 18 heavy (non-hydrogen) atoms. The van der Waals surface area contributed by atoms with Gasteiger partial charge in [0.1, 0.15) is 0 Å². The predicted molar refractivity (Wildman–Crippen MR) is 82.8 cm³/mol. The number of amides is 1. The molecule has 1 aliphatic rings. The number of hydrogen-bond donors (Lipinski definition) is 0. The summed E-state index contributed by atoms with van der Waals surface area (Å²) in [6, 6.07) is 0.470. The summed E-state index contributed by atoms with van der Waals surface area (Å²) in [4.78, 5) is 13.6.